The maximum atomic E-state index is 12.7. The molecular weight excluding hydrogens is 373 g/mol. The van der Waals surface area contributed by atoms with Crippen LogP contribution in [0.4, 0.5) is 24.7 Å². The van der Waals surface area contributed by atoms with Crippen molar-refractivity contribution in [2.24, 2.45) is 0 Å². The Morgan fingerprint density at radius 1 is 1.25 bits per heavy atom. The molecule has 2 heterocycles. The first kappa shape index (κ1) is 19.9. The van der Waals surface area contributed by atoms with Gasteiger partial charge in [-0.2, -0.15) is 13.2 Å². The number of nitrogens with one attached hydrogen (secondary N) is 3. The Kier molecular flexibility index (Phi) is 6.03. The van der Waals surface area contributed by atoms with Gasteiger partial charge in [0.25, 0.3) is 11.7 Å². The van der Waals surface area contributed by atoms with Crippen LogP contribution < -0.4 is 24.8 Å². The van der Waals surface area contributed by atoms with Gasteiger partial charge in [-0.1, -0.05) is 6.07 Å². The van der Waals surface area contributed by atoms with E-state index in [1.54, 1.807) is 31.4 Å². The molecule has 0 radical (unpaired) electrons. The van der Waals surface area contributed by atoms with Gasteiger partial charge in [0.15, 0.2) is 6.54 Å². The highest BCUT2D eigenvalue weighted by atomic mass is 19.4. The summed E-state index contributed by atoms with van der Waals surface area (Å²) in [5, 5.41) is 2.86. The number of nitrogens with zero attached hydrogens (tertiary/aromatic N) is 1. The lowest BCUT2D eigenvalue weighted by molar-refractivity contribution is -0.892. The van der Waals surface area contributed by atoms with E-state index >= 15 is 0 Å². The quantitative estimate of drug-likeness (QED) is 0.789. The third kappa shape index (κ3) is 5.13. The predicted molar refractivity (Wildman–Crippen MR) is 97.4 cm³/mol. The molecule has 3 rings (SSSR count). The number of H-pyrrole nitrogens is 1. The number of methoxy groups -OCH3 is 1. The van der Waals surface area contributed by atoms with E-state index in [0.717, 1.165) is 30.3 Å². The molecule has 6 nitrogen and oxygen atoms in total. The number of hydrogen-bond donors (Lipinski definition) is 2. The topological polar surface area (TPSA) is 60.1 Å². The lowest BCUT2D eigenvalue weighted by atomic mass is 10.2. The highest BCUT2D eigenvalue weighted by Gasteiger charge is 2.33. The predicted octanol–water partition coefficient (Wildman–Crippen LogP) is 0.872. The average molecular weight is 396 g/mol. The highest BCUT2D eigenvalue weighted by molar-refractivity contribution is 5.91. The summed E-state index contributed by atoms with van der Waals surface area (Å²) in [4.78, 5) is 18.1. The molecule has 9 heteroatoms. The number of halogens is 3. The summed E-state index contributed by atoms with van der Waals surface area (Å²) in [7, 11) is 1.57. The summed E-state index contributed by atoms with van der Waals surface area (Å²) in [5.41, 5.74) is -0.0172. The number of piperazine rings is 1. The van der Waals surface area contributed by atoms with E-state index in [0.29, 0.717) is 36.9 Å². The molecule has 0 atom stereocenters. The van der Waals surface area contributed by atoms with Crippen LogP contribution in [0.1, 0.15) is 5.56 Å². The third-order valence-electron chi connectivity index (χ3n) is 4.70. The van der Waals surface area contributed by atoms with Crippen LogP contribution in [0.15, 0.2) is 42.6 Å². The van der Waals surface area contributed by atoms with Crippen LogP contribution in [0.5, 0.6) is 5.75 Å². The number of aromatic nitrogens is 1. The second kappa shape index (κ2) is 8.47. The number of alkyl halides is 3. The molecule has 1 aliphatic rings. The van der Waals surface area contributed by atoms with Crippen LogP contribution in [-0.2, 0) is 11.0 Å². The Hall–Kier alpha value is -2.81. The van der Waals surface area contributed by atoms with Gasteiger partial charge in [-0.05, 0) is 18.2 Å². The number of rotatable bonds is 5. The van der Waals surface area contributed by atoms with Gasteiger partial charge in [0.2, 0.25) is 0 Å². The molecule has 2 aromatic rings. The number of carbonyl (C=O) groups excluding carboxylic acids is 1. The van der Waals surface area contributed by atoms with Gasteiger partial charge in [0.1, 0.15) is 38.1 Å². The van der Waals surface area contributed by atoms with Crippen LogP contribution in [0.25, 0.3) is 0 Å². The van der Waals surface area contributed by atoms with Gasteiger partial charge in [0, 0.05) is 17.8 Å². The first-order valence-corrected chi connectivity index (χ1v) is 8.96. The number of anilines is 2. The number of quaternary nitrogens is 1. The Morgan fingerprint density at radius 2 is 2.00 bits per heavy atom. The summed E-state index contributed by atoms with van der Waals surface area (Å²) in [6.45, 7) is 3.09. The monoisotopic (exact) mass is 396 g/mol. The third-order valence-corrected chi connectivity index (χ3v) is 4.70. The molecule has 1 fully saturated rings. The second-order valence-electron chi connectivity index (χ2n) is 6.65. The molecule has 0 unspecified atom stereocenters. The van der Waals surface area contributed by atoms with Gasteiger partial charge < -0.3 is 15.0 Å². The van der Waals surface area contributed by atoms with Crippen LogP contribution in [0.3, 0.4) is 0 Å². The van der Waals surface area contributed by atoms with Crippen LogP contribution in [0.2, 0.25) is 0 Å². The van der Waals surface area contributed by atoms with Crippen molar-refractivity contribution in [2.45, 2.75) is 6.18 Å². The van der Waals surface area contributed by atoms with Crippen molar-refractivity contribution in [1.82, 2.24) is 0 Å². The van der Waals surface area contributed by atoms with Gasteiger partial charge in [-0.25, -0.2) is 4.98 Å². The molecule has 3 N–H and O–H groups in total. The summed E-state index contributed by atoms with van der Waals surface area (Å²) in [5.74, 6) is 1.23. The zero-order valence-electron chi connectivity index (χ0n) is 15.5. The minimum Gasteiger partial charge on any atom is -0.497 e. The number of carbonyl (C=O) groups is 1. The Balaban J connectivity index is 1.49. The van der Waals surface area contributed by atoms with E-state index in [2.05, 4.69) is 10.3 Å². The van der Waals surface area contributed by atoms with E-state index < -0.39 is 11.7 Å². The maximum Gasteiger partial charge on any atom is 0.419 e. The average Bonchev–Trinajstić information content (AvgIpc) is 2.68. The molecule has 150 valence electrons. The highest BCUT2D eigenvalue weighted by Crippen LogP contribution is 2.28. The number of benzene rings is 1. The largest absolute Gasteiger partial charge is 0.497 e. The maximum absolute atomic E-state index is 12.7. The molecular formula is C19H23F3N4O2+2. The number of amides is 1. The fourth-order valence-electron chi connectivity index (χ4n) is 3.16. The molecule has 1 aliphatic heterocycles. The van der Waals surface area contributed by atoms with Crippen molar-refractivity contribution in [1.29, 1.82) is 0 Å². The molecule has 1 saturated heterocycles. The number of aromatic amines is 1. The SMILES string of the molecule is COc1cccc(NC(=O)C[NH+]2CCN(c3ccc(C(F)(F)F)c[nH+]3)CC2)c1. The van der Waals surface area contributed by atoms with Crippen molar-refractivity contribution in [3.05, 3.63) is 48.2 Å². The van der Waals surface area contributed by atoms with Crippen molar-refractivity contribution >= 4 is 17.4 Å². The normalized spacial score (nSPS) is 15.4. The van der Waals surface area contributed by atoms with Crippen LogP contribution in [-0.4, -0.2) is 45.7 Å². The minimum absolute atomic E-state index is 0.0854. The Morgan fingerprint density at radius 3 is 2.61 bits per heavy atom. The fraction of sp³-hybridized carbons (Fsp3) is 0.368. The first-order chi connectivity index (χ1) is 13.3. The summed E-state index contributed by atoms with van der Waals surface area (Å²) >= 11 is 0. The fourth-order valence-corrected chi connectivity index (χ4v) is 3.16. The van der Waals surface area contributed by atoms with Crippen LogP contribution in [0, 0.1) is 0 Å². The smallest absolute Gasteiger partial charge is 0.419 e. The second-order valence-corrected chi connectivity index (χ2v) is 6.65. The molecule has 0 bridgehead atoms. The minimum atomic E-state index is -4.35. The molecule has 1 amide bonds. The van der Waals surface area contributed by atoms with Crippen molar-refractivity contribution < 1.29 is 32.6 Å². The summed E-state index contributed by atoms with van der Waals surface area (Å²) < 4.78 is 43.1. The van der Waals surface area contributed by atoms with Crippen molar-refractivity contribution in [3.8, 4) is 5.75 Å². The number of pyridine rings is 1. The number of hydrogen-bond acceptors (Lipinski definition) is 3. The van der Waals surface area contributed by atoms with Gasteiger partial charge in [-0.3, -0.25) is 9.69 Å². The van der Waals surface area contributed by atoms with E-state index in [1.165, 1.54) is 6.07 Å². The molecule has 1 aromatic heterocycles. The lowest BCUT2D eigenvalue weighted by Gasteiger charge is -2.28. The zero-order chi connectivity index (χ0) is 20.1. The lowest BCUT2D eigenvalue weighted by Crippen LogP contribution is -3.15. The van der Waals surface area contributed by atoms with E-state index in [1.807, 2.05) is 4.90 Å². The molecule has 28 heavy (non-hydrogen) atoms. The van der Waals surface area contributed by atoms with Gasteiger partial charge >= 0.3 is 6.18 Å². The molecule has 0 saturated carbocycles. The number of ether oxygens (including phenoxy) is 1. The van der Waals surface area contributed by atoms with Crippen molar-refractivity contribution in [2.75, 3.05) is 50.1 Å². The van der Waals surface area contributed by atoms with Crippen LogP contribution >= 0.6 is 0 Å². The van der Waals surface area contributed by atoms with Crippen molar-refractivity contribution in [3.63, 3.8) is 0 Å². The molecule has 0 spiro atoms. The Bertz CT molecular complexity index is 804. The van der Waals surface area contributed by atoms with Gasteiger partial charge in [0.05, 0.1) is 12.7 Å². The molecule has 1 aromatic carbocycles. The van der Waals surface area contributed by atoms with E-state index in [9.17, 15) is 18.0 Å². The standard InChI is InChI=1S/C19H21F3N4O2/c1-28-16-4-2-3-15(11-16)24-18(27)13-25-7-9-26(10-8-25)17-6-5-14(12-23-17)19(20,21)22/h2-6,11-12H,7-10,13H2,1H3,(H,24,27)/p+2. The van der Waals surface area contributed by atoms with E-state index in [4.69, 9.17) is 4.74 Å². The zero-order valence-corrected chi connectivity index (χ0v) is 15.5. The summed E-state index contributed by atoms with van der Waals surface area (Å²) in [6, 6.07) is 9.69. The summed E-state index contributed by atoms with van der Waals surface area (Å²) in [6.07, 6.45) is -3.37. The van der Waals surface area contributed by atoms with Gasteiger partial charge in [-0.15, -0.1) is 0 Å². The first-order valence-electron chi connectivity index (χ1n) is 8.96. The Labute approximate surface area is 160 Å². The van der Waals surface area contributed by atoms with E-state index in [-0.39, 0.29) is 5.91 Å². The molecule has 0 aliphatic carbocycles.